The van der Waals surface area contributed by atoms with Gasteiger partial charge in [-0.05, 0) is 75.0 Å². The third kappa shape index (κ3) is 4.40. The Kier molecular flexibility index (Phi) is 6.20. The second-order valence-corrected chi connectivity index (χ2v) is 13.7. The van der Waals surface area contributed by atoms with Crippen molar-refractivity contribution >= 4 is 44.4 Å². The lowest BCUT2D eigenvalue weighted by Crippen LogP contribution is -2.56. The van der Waals surface area contributed by atoms with Crippen LogP contribution in [0.5, 0.6) is 5.88 Å². The van der Waals surface area contributed by atoms with Gasteiger partial charge in [-0.3, -0.25) is 14.2 Å². The Bertz CT molecular complexity index is 1460. The highest BCUT2D eigenvalue weighted by molar-refractivity contribution is 9.10. The molecule has 2 bridgehead atoms. The Morgan fingerprint density at radius 2 is 1.98 bits per heavy atom. The third-order valence-electron chi connectivity index (χ3n) is 9.01. The number of piperazine rings is 1. The van der Waals surface area contributed by atoms with Gasteiger partial charge in [-0.15, -0.1) is 0 Å². The molecule has 4 fully saturated rings. The van der Waals surface area contributed by atoms with Crippen molar-refractivity contribution in [2.45, 2.75) is 82.3 Å². The molecule has 7 heterocycles. The van der Waals surface area contributed by atoms with Crippen LogP contribution in [0, 0.1) is 0 Å². The molecule has 3 aromatic rings. The van der Waals surface area contributed by atoms with Crippen LogP contribution in [0.4, 0.5) is 14.9 Å². The quantitative estimate of drug-likeness (QED) is 0.400. The molecular weight excluding hydrogens is 579 g/mol. The zero-order chi connectivity index (χ0) is 27.8. The van der Waals surface area contributed by atoms with E-state index in [-0.39, 0.29) is 23.7 Å². The number of carbonyl (C=O) groups is 1. The van der Waals surface area contributed by atoms with E-state index in [2.05, 4.69) is 35.1 Å². The van der Waals surface area contributed by atoms with Crippen molar-refractivity contribution in [1.82, 2.24) is 24.2 Å². The Hall–Kier alpha value is -2.66. The Balaban J connectivity index is 1.24. The van der Waals surface area contributed by atoms with E-state index < -0.39 is 11.8 Å². The van der Waals surface area contributed by atoms with Gasteiger partial charge in [-0.1, -0.05) is 0 Å². The maximum Gasteiger partial charge on any atom is 0.410 e. The molecule has 4 atom stereocenters. The number of amides is 1. The summed E-state index contributed by atoms with van der Waals surface area (Å²) >= 11 is 3.67. The molecule has 0 unspecified atom stereocenters. The lowest BCUT2D eigenvalue weighted by molar-refractivity contribution is 0.0123. The largest absolute Gasteiger partial charge is 0.476 e. The fraction of sp³-hybridized carbons (Fsp3) is 0.621. The Morgan fingerprint density at radius 3 is 2.73 bits per heavy atom. The summed E-state index contributed by atoms with van der Waals surface area (Å²) in [5.74, 6) is 0.541. The number of aromatic nitrogens is 3. The van der Waals surface area contributed by atoms with Gasteiger partial charge >= 0.3 is 6.09 Å². The van der Waals surface area contributed by atoms with Gasteiger partial charge < -0.3 is 14.4 Å². The normalized spacial score (nSPS) is 28.6. The van der Waals surface area contributed by atoms with Gasteiger partial charge in [-0.2, -0.15) is 0 Å². The van der Waals surface area contributed by atoms with Crippen molar-refractivity contribution in [3.8, 4) is 5.88 Å². The van der Waals surface area contributed by atoms with Crippen molar-refractivity contribution in [3.05, 3.63) is 29.0 Å². The summed E-state index contributed by atoms with van der Waals surface area (Å²) in [4.78, 5) is 29.1. The number of hydrogen-bond donors (Lipinski definition) is 0. The zero-order valence-electron chi connectivity index (χ0n) is 23.3. The van der Waals surface area contributed by atoms with E-state index in [1.807, 2.05) is 44.0 Å². The molecule has 0 aliphatic carbocycles. The van der Waals surface area contributed by atoms with Crippen molar-refractivity contribution < 1.29 is 18.7 Å². The van der Waals surface area contributed by atoms with E-state index in [4.69, 9.17) is 14.5 Å². The summed E-state index contributed by atoms with van der Waals surface area (Å²) < 4.78 is 29.5. The molecule has 0 spiro atoms. The summed E-state index contributed by atoms with van der Waals surface area (Å²) in [6, 6.07) is 4.16. The van der Waals surface area contributed by atoms with Crippen LogP contribution in [-0.2, 0) is 4.74 Å². The van der Waals surface area contributed by atoms with Gasteiger partial charge in [0.25, 0.3) is 0 Å². The second kappa shape index (κ2) is 9.44. The topological polar surface area (TPSA) is 75.4 Å². The Morgan fingerprint density at radius 1 is 1.20 bits per heavy atom. The van der Waals surface area contributed by atoms with Gasteiger partial charge in [0.15, 0.2) is 5.65 Å². The first-order valence-electron chi connectivity index (χ1n) is 14.3. The average molecular weight is 616 g/mol. The van der Waals surface area contributed by atoms with Crippen molar-refractivity contribution in [2.75, 3.05) is 37.7 Å². The van der Waals surface area contributed by atoms with Crippen LogP contribution in [-0.4, -0.2) is 92.4 Å². The number of hydrogen-bond acceptors (Lipinski definition) is 7. The summed E-state index contributed by atoms with van der Waals surface area (Å²) in [5, 5.41) is 0. The maximum absolute atomic E-state index is 14.4. The fourth-order valence-electron chi connectivity index (χ4n) is 7.40. The molecule has 4 aliphatic heterocycles. The highest BCUT2D eigenvalue weighted by atomic mass is 79.9. The first-order chi connectivity index (χ1) is 19.1. The van der Waals surface area contributed by atoms with Crippen molar-refractivity contribution in [1.29, 1.82) is 0 Å². The van der Waals surface area contributed by atoms with Crippen LogP contribution in [0.2, 0.25) is 0 Å². The lowest BCUT2D eigenvalue weighted by Gasteiger charge is -2.42. The molecule has 40 heavy (non-hydrogen) atoms. The van der Waals surface area contributed by atoms with Gasteiger partial charge in [0.1, 0.15) is 18.4 Å². The van der Waals surface area contributed by atoms with E-state index in [0.717, 1.165) is 59.1 Å². The monoisotopic (exact) mass is 614 g/mol. The molecule has 9 nitrogen and oxygen atoms in total. The Labute approximate surface area is 241 Å². The predicted octanol–water partition coefficient (Wildman–Crippen LogP) is 5.19. The molecule has 0 saturated carbocycles. The summed E-state index contributed by atoms with van der Waals surface area (Å²) in [7, 11) is 0. The zero-order valence-corrected chi connectivity index (χ0v) is 24.9. The van der Waals surface area contributed by atoms with Crippen LogP contribution < -0.4 is 9.64 Å². The number of nitrogens with zero attached hydrogens (tertiary/aromatic N) is 6. The number of halogens is 2. The first-order valence-corrected chi connectivity index (χ1v) is 15.1. The van der Waals surface area contributed by atoms with E-state index in [0.29, 0.717) is 38.5 Å². The third-order valence-corrected chi connectivity index (χ3v) is 9.60. The molecule has 1 amide bonds. The number of anilines is 1. The summed E-state index contributed by atoms with van der Waals surface area (Å²) in [5.41, 5.74) is 2.80. The number of fused-ring (bicyclic) bond motifs is 6. The highest BCUT2D eigenvalue weighted by Crippen LogP contribution is 2.42. The molecule has 4 saturated heterocycles. The first kappa shape index (κ1) is 26.3. The smallest absolute Gasteiger partial charge is 0.410 e. The molecule has 7 rings (SSSR count). The summed E-state index contributed by atoms with van der Waals surface area (Å²) in [6.07, 6.45) is 7.15. The van der Waals surface area contributed by atoms with E-state index in [1.54, 1.807) is 6.20 Å². The number of ether oxygens (including phenoxy) is 2. The SMILES string of the molecule is CC(C)(C)OC(=O)N1[C@@H]2CC[C@H]1CN(c1cc(OC[C@@]34CCCN3C[C@H](F)C4)nc3cc(Br)c4nccn4c13)C2. The fourth-order valence-corrected chi connectivity index (χ4v) is 7.91. The van der Waals surface area contributed by atoms with E-state index >= 15 is 0 Å². The van der Waals surface area contributed by atoms with Gasteiger partial charge in [0.05, 0.1) is 38.8 Å². The van der Waals surface area contributed by atoms with E-state index in [9.17, 15) is 9.18 Å². The second-order valence-electron chi connectivity index (χ2n) is 12.9. The van der Waals surface area contributed by atoms with Gasteiger partial charge in [0.2, 0.25) is 5.88 Å². The van der Waals surface area contributed by atoms with Crippen molar-refractivity contribution in [3.63, 3.8) is 0 Å². The van der Waals surface area contributed by atoms with Crippen LogP contribution in [0.3, 0.4) is 0 Å². The van der Waals surface area contributed by atoms with Crippen LogP contribution in [0.1, 0.15) is 52.9 Å². The number of carbonyl (C=O) groups excluding carboxylic acids is 1. The molecule has 3 aromatic heterocycles. The maximum atomic E-state index is 14.4. The van der Waals surface area contributed by atoms with Crippen LogP contribution in [0.15, 0.2) is 29.0 Å². The predicted molar refractivity (Wildman–Crippen MR) is 154 cm³/mol. The molecule has 11 heteroatoms. The van der Waals surface area contributed by atoms with Crippen LogP contribution >= 0.6 is 15.9 Å². The molecule has 0 aromatic carbocycles. The number of pyridine rings is 2. The molecule has 0 N–H and O–H groups in total. The standard InChI is InChI=1S/C29H36BrFN6O3/c1-28(2,3)40-27(38)37-19-5-6-20(37)16-34(15-19)23-12-24(39-17-29-7-4-9-35(29)14-18(31)13-29)33-22-11-21(30)26-32-8-10-36(26)25(22)23/h8,10-12,18-20H,4-7,9,13-17H2,1-3H3/t18-,19-,20+,29+/m1/s1. The number of imidazole rings is 1. The molecule has 214 valence electrons. The minimum atomic E-state index is -0.800. The number of rotatable bonds is 4. The van der Waals surface area contributed by atoms with E-state index in [1.165, 1.54) is 0 Å². The highest BCUT2D eigenvalue weighted by Gasteiger charge is 2.49. The lowest BCUT2D eigenvalue weighted by atomic mass is 9.95. The molecule has 4 aliphatic rings. The van der Waals surface area contributed by atoms with Crippen LogP contribution in [0.25, 0.3) is 16.7 Å². The van der Waals surface area contributed by atoms with Crippen molar-refractivity contribution in [2.24, 2.45) is 0 Å². The minimum Gasteiger partial charge on any atom is -0.476 e. The van der Waals surface area contributed by atoms with Gasteiger partial charge in [-0.25, -0.2) is 19.2 Å². The summed E-state index contributed by atoms with van der Waals surface area (Å²) in [6.45, 7) is 8.97. The average Bonchev–Trinajstić information content (AvgIpc) is 3.63. The molecule has 0 radical (unpaired) electrons. The minimum absolute atomic E-state index is 0.0702. The number of alkyl halides is 1. The molecular formula is C29H36BrFN6O3. The van der Waals surface area contributed by atoms with Gasteiger partial charge in [0, 0.05) is 44.5 Å².